The molecule has 1 aliphatic rings. The lowest BCUT2D eigenvalue weighted by molar-refractivity contribution is -0.919. The minimum atomic E-state index is -0.0625. The van der Waals surface area contributed by atoms with E-state index < -0.39 is 0 Å². The van der Waals surface area contributed by atoms with Crippen molar-refractivity contribution < 1.29 is 19.2 Å². The van der Waals surface area contributed by atoms with E-state index in [0.29, 0.717) is 11.7 Å². The number of likely N-dealkylation sites (tertiary alicyclic amines) is 1. The highest BCUT2D eigenvalue weighted by molar-refractivity contribution is 7.14. The van der Waals surface area contributed by atoms with Gasteiger partial charge in [-0.25, -0.2) is 4.98 Å². The smallest absolute Gasteiger partial charge is 0.309 e. The highest BCUT2D eigenvalue weighted by Crippen LogP contribution is 2.28. The Balaban J connectivity index is 1.61. The third kappa shape index (κ3) is 4.93. The number of nitrogens with zero attached hydrogens (tertiary/aromatic N) is 2. The molecule has 27 heavy (non-hydrogen) atoms. The second-order valence-corrected chi connectivity index (χ2v) is 7.60. The Labute approximate surface area is 163 Å². The van der Waals surface area contributed by atoms with Gasteiger partial charge in [-0.3, -0.25) is 14.5 Å². The van der Waals surface area contributed by atoms with Crippen molar-refractivity contribution in [1.82, 2.24) is 4.98 Å². The van der Waals surface area contributed by atoms with E-state index >= 15 is 0 Å². The van der Waals surface area contributed by atoms with Gasteiger partial charge in [-0.05, 0) is 19.1 Å². The number of aromatic nitrogens is 1. The molecule has 0 spiro atoms. The molecule has 6 nitrogen and oxygen atoms in total. The summed E-state index contributed by atoms with van der Waals surface area (Å²) < 4.78 is 5.13. The van der Waals surface area contributed by atoms with E-state index in [1.807, 2.05) is 42.6 Å². The van der Waals surface area contributed by atoms with Crippen molar-refractivity contribution >= 4 is 34.0 Å². The number of piperidine rings is 1. The average Bonchev–Trinajstić information content (AvgIpc) is 3.11. The Morgan fingerprint density at radius 3 is 2.59 bits per heavy atom. The summed E-state index contributed by atoms with van der Waals surface area (Å²) in [4.78, 5) is 31.8. The molecule has 1 saturated heterocycles. The van der Waals surface area contributed by atoms with Gasteiger partial charge in [0.2, 0.25) is 5.91 Å². The molecule has 0 bridgehead atoms. The largest absolute Gasteiger partial charge is 0.466 e. The molecule has 3 rings (SSSR count). The zero-order valence-electron chi connectivity index (χ0n) is 15.8. The van der Waals surface area contributed by atoms with Crippen LogP contribution < -0.4 is 9.80 Å². The number of amides is 1. The second-order valence-electron chi connectivity index (χ2n) is 6.76. The number of para-hydroxylation sites is 1. The van der Waals surface area contributed by atoms with E-state index in [4.69, 9.17) is 9.72 Å². The molecule has 1 fully saturated rings. The zero-order valence-corrected chi connectivity index (χ0v) is 16.6. The second kappa shape index (κ2) is 9.10. The molecule has 0 saturated carbocycles. The molecule has 1 aromatic heterocycles. The third-order valence-corrected chi connectivity index (χ3v) is 5.68. The molecule has 2 aromatic rings. The van der Waals surface area contributed by atoms with E-state index in [9.17, 15) is 9.59 Å². The van der Waals surface area contributed by atoms with Crippen molar-refractivity contribution in [2.45, 2.75) is 33.2 Å². The minimum absolute atomic E-state index is 0.0333. The van der Waals surface area contributed by atoms with Gasteiger partial charge in [0.05, 0.1) is 31.3 Å². The van der Waals surface area contributed by atoms with Crippen molar-refractivity contribution in [3.8, 4) is 0 Å². The maximum Gasteiger partial charge on any atom is 0.309 e. The first-order chi connectivity index (χ1) is 13.1. The van der Waals surface area contributed by atoms with Crippen molar-refractivity contribution in [2.24, 2.45) is 5.92 Å². The van der Waals surface area contributed by atoms with Crippen LogP contribution in [0.15, 0.2) is 35.7 Å². The third-order valence-electron chi connectivity index (χ3n) is 4.80. The molecule has 0 aliphatic carbocycles. The van der Waals surface area contributed by atoms with Gasteiger partial charge in [0.1, 0.15) is 12.2 Å². The summed E-state index contributed by atoms with van der Waals surface area (Å²) in [5.41, 5.74) is 1.82. The Bertz CT molecular complexity index is 770. The van der Waals surface area contributed by atoms with E-state index in [0.717, 1.165) is 43.9 Å². The van der Waals surface area contributed by atoms with Crippen LogP contribution in [0.1, 0.15) is 32.4 Å². The van der Waals surface area contributed by atoms with Crippen LogP contribution in [0.4, 0.5) is 10.8 Å². The number of thiazole rings is 1. The van der Waals surface area contributed by atoms with Crippen molar-refractivity contribution in [3.05, 3.63) is 41.4 Å². The number of rotatable bonds is 6. The van der Waals surface area contributed by atoms with Crippen LogP contribution in [0.25, 0.3) is 0 Å². The van der Waals surface area contributed by atoms with Crippen LogP contribution in [-0.4, -0.2) is 36.6 Å². The minimum Gasteiger partial charge on any atom is -0.466 e. The summed E-state index contributed by atoms with van der Waals surface area (Å²) in [5, 5.41) is 2.73. The van der Waals surface area contributed by atoms with Crippen molar-refractivity contribution in [2.75, 3.05) is 24.6 Å². The molecule has 1 amide bonds. The summed E-state index contributed by atoms with van der Waals surface area (Å²) >= 11 is 1.49. The van der Waals surface area contributed by atoms with Gasteiger partial charge in [0.25, 0.3) is 0 Å². The summed E-state index contributed by atoms with van der Waals surface area (Å²) in [6.45, 7) is 6.53. The van der Waals surface area contributed by atoms with Crippen molar-refractivity contribution in [1.29, 1.82) is 0 Å². The molecule has 1 aromatic carbocycles. The van der Waals surface area contributed by atoms with Crippen LogP contribution in [0.3, 0.4) is 0 Å². The van der Waals surface area contributed by atoms with E-state index in [-0.39, 0.29) is 17.8 Å². The quantitative estimate of drug-likeness (QED) is 0.771. The average molecular weight is 389 g/mol. The van der Waals surface area contributed by atoms with Crippen LogP contribution >= 0.6 is 11.3 Å². The lowest BCUT2D eigenvalue weighted by Crippen LogP contribution is -3.11. The van der Waals surface area contributed by atoms with Crippen LogP contribution in [0.5, 0.6) is 0 Å². The summed E-state index contributed by atoms with van der Waals surface area (Å²) in [6.07, 6.45) is 1.71. The molecule has 144 valence electrons. The highest BCUT2D eigenvalue weighted by Gasteiger charge is 2.29. The van der Waals surface area contributed by atoms with Crippen LogP contribution in [-0.2, 0) is 20.9 Å². The number of anilines is 2. The van der Waals surface area contributed by atoms with Gasteiger partial charge < -0.3 is 9.64 Å². The monoisotopic (exact) mass is 388 g/mol. The molecular weight excluding hydrogens is 362 g/mol. The molecule has 2 heterocycles. The van der Waals surface area contributed by atoms with E-state index in [1.165, 1.54) is 16.2 Å². The lowest BCUT2D eigenvalue weighted by atomic mass is 9.97. The molecule has 0 radical (unpaired) electrons. The molecule has 1 N–H and O–H groups in total. The SMILES string of the molecule is CCOC(=O)C1CC[NH+](Cc2csc(N(C(C)=O)c3ccccc3)n2)CC1. The number of carbonyl (C=O) groups excluding carboxylic acids is 2. The number of ether oxygens (including phenoxy) is 1. The zero-order chi connectivity index (χ0) is 19.2. The van der Waals surface area contributed by atoms with Crippen LogP contribution in [0, 0.1) is 5.92 Å². The molecule has 1 aliphatic heterocycles. The number of esters is 1. The molecule has 0 unspecified atom stereocenters. The van der Waals surface area contributed by atoms with Gasteiger partial charge in [-0.2, -0.15) is 0 Å². The molecule has 0 atom stereocenters. The number of benzene rings is 1. The fraction of sp³-hybridized carbons (Fsp3) is 0.450. The van der Waals surface area contributed by atoms with Gasteiger partial charge >= 0.3 is 5.97 Å². The van der Waals surface area contributed by atoms with Crippen LogP contribution in [0.2, 0.25) is 0 Å². The van der Waals surface area contributed by atoms with Gasteiger partial charge in [-0.15, -0.1) is 11.3 Å². The fourth-order valence-corrected chi connectivity index (χ4v) is 4.33. The van der Waals surface area contributed by atoms with Gasteiger partial charge in [0.15, 0.2) is 5.13 Å². The number of nitrogens with one attached hydrogen (secondary N) is 1. The Hall–Kier alpha value is -2.25. The maximum absolute atomic E-state index is 12.1. The first-order valence-electron chi connectivity index (χ1n) is 9.38. The standard InChI is InChI=1S/C20H25N3O3S/c1-3-26-19(25)16-9-11-22(12-10-16)13-17-14-27-20(21-17)23(15(2)24)18-7-5-4-6-8-18/h4-8,14,16H,3,9-13H2,1-2H3/p+1. The maximum atomic E-state index is 12.1. The molecule has 7 heteroatoms. The summed E-state index contributed by atoms with van der Waals surface area (Å²) in [5.74, 6) is -0.0804. The first-order valence-corrected chi connectivity index (χ1v) is 10.3. The number of quaternary nitrogens is 1. The number of hydrogen-bond donors (Lipinski definition) is 1. The highest BCUT2D eigenvalue weighted by atomic mass is 32.1. The lowest BCUT2D eigenvalue weighted by Gasteiger charge is -2.27. The Morgan fingerprint density at radius 1 is 1.26 bits per heavy atom. The van der Waals surface area contributed by atoms with E-state index in [2.05, 4.69) is 0 Å². The molecular formula is C20H26N3O3S+. The van der Waals surface area contributed by atoms with Gasteiger partial charge in [-0.1, -0.05) is 18.2 Å². The van der Waals surface area contributed by atoms with Gasteiger partial charge in [0, 0.05) is 25.1 Å². The summed E-state index contributed by atoms with van der Waals surface area (Å²) in [6, 6.07) is 9.58. The fourth-order valence-electron chi connectivity index (χ4n) is 3.44. The topological polar surface area (TPSA) is 63.9 Å². The number of carbonyl (C=O) groups is 2. The predicted molar refractivity (Wildman–Crippen MR) is 105 cm³/mol. The summed E-state index contributed by atoms with van der Waals surface area (Å²) in [7, 11) is 0. The number of hydrogen-bond acceptors (Lipinski definition) is 5. The van der Waals surface area contributed by atoms with E-state index in [1.54, 1.807) is 11.8 Å². The van der Waals surface area contributed by atoms with Crippen molar-refractivity contribution in [3.63, 3.8) is 0 Å². The normalized spacial score (nSPS) is 19.5. The predicted octanol–water partition coefficient (Wildman–Crippen LogP) is 2.19. The Morgan fingerprint density at radius 2 is 1.96 bits per heavy atom. The Kier molecular flexibility index (Phi) is 6.58. The first kappa shape index (κ1) is 19.5.